The third-order valence-electron chi connectivity index (χ3n) is 3.33. The Kier molecular flexibility index (Phi) is 13.9. The number of carbonyl (C=O) groups is 2. The highest BCUT2D eigenvalue weighted by Crippen LogP contribution is 2.22. The normalized spacial score (nSPS) is 10.6. The van der Waals surface area contributed by atoms with Crippen LogP contribution in [-0.2, 0) is 38.0 Å². The van der Waals surface area contributed by atoms with Gasteiger partial charge in [0.05, 0.1) is 55.5 Å². The predicted molar refractivity (Wildman–Crippen MR) is 101 cm³/mol. The first-order valence-electron chi connectivity index (χ1n) is 8.37. The molecule has 0 aromatic heterocycles. The topological polar surface area (TPSA) is 130 Å². The van der Waals surface area contributed by atoms with Crippen molar-refractivity contribution in [1.82, 2.24) is 0 Å². The van der Waals surface area contributed by atoms with Gasteiger partial charge in [0, 0.05) is 0 Å². The van der Waals surface area contributed by atoms with Crippen molar-refractivity contribution in [2.45, 2.75) is 0 Å². The molecule has 0 aromatic rings. The number of carbonyl (C=O) groups excluding carboxylic acids is 2. The van der Waals surface area contributed by atoms with Gasteiger partial charge in [0.25, 0.3) is 0 Å². The van der Waals surface area contributed by atoms with E-state index in [9.17, 15) is 9.59 Å². The summed E-state index contributed by atoms with van der Waals surface area (Å²) in [6.45, 7) is 11.2. The van der Waals surface area contributed by atoms with Gasteiger partial charge < -0.3 is 38.6 Å². The van der Waals surface area contributed by atoms with Crippen molar-refractivity contribution in [1.29, 1.82) is 0 Å². The van der Waals surface area contributed by atoms with Gasteiger partial charge in [0.15, 0.2) is 13.6 Å². The van der Waals surface area contributed by atoms with Gasteiger partial charge in [-0.15, -0.1) is 0 Å². The molecule has 0 bridgehead atoms. The second-order valence-electron chi connectivity index (χ2n) is 5.77. The minimum atomic E-state index is -1.17. The Morgan fingerprint density at radius 2 is 1.14 bits per heavy atom. The average Bonchev–Trinajstić information content (AvgIpc) is 2.74. The van der Waals surface area contributed by atoms with Crippen molar-refractivity contribution in [3.8, 4) is 0 Å². The van der Waals surface area contributed by atoms with E-state index < -0.39 is 30.6 Å². The van der Waals surface area contributed by atoms with E-state index in [2.05, 4.69) is 26.3 Å². The number of ether oxygens (including phenoxy) is 6. The number of aliphatic hydroxyl groups is 2. The summed E-state index contributed by atoms with van der Waals surface area (Å²) in [6, 6.07) is 0. The summed E-state index contributed by atoms with van der Waals surface area (Å²) in [7, 11) is 0. The zero-order valence-corrected chi connectivity index (χ0v) is 16.3. The number of hydrogen-bond acceptors (Lipinski definition) is 10. The lowest BCUT2D eigenvalue weighted by molar-refractivity contribution is -0.167. The van der Waals surface area contributed by atoms with Gasteiger partial charge in [-0.3, -0.25) is 0 Å². The zero-order valence-electron chi connectivity index (χ0n) is 16.3. The molecule has 0 aliphatic carbocycles. The highest BCUT2D eigenvalue weighted by molar-refractivity contribution is 5.88. The van der Waals surface area contributed by atoms with Crippen LogP contribution in [0.2, 0.25) is 0 Å². The second kappa shape index (κ2) is 15.3. The molecular weight excluding hydrogens is 388 g/mol. The first kappa shape index (κ1) is 26.3. The van der Waals surface area contributed by atoms with E-state index in [-0.39, 0.29) is 51.2 Å². The monoisotopic (exact) mass is 416 g/mol. The molecule has 0 unspecified atom stereocenters. The predicted octanol–water partition coefficient (Wildman–Crippen LogP) is 0.425. The summed E-state index contributed by atoms with van der Waals surface area (Å²) in [5.41, 5.74) is -1.49. The zero-order chi connectivity index (χ0) is 22.1. The molecular formula is C19H28O10. The minimum Gasteiger partial charge on any atom is -0.476 e. The SMILES string of the molecule is C=COCOCC(COCOC=C)(COC(=O)C(=C)CO)COC(=O)C(=C)CO. The van der Waals surface area contributed by atoms with Crippen LogP contribution in [0.15, 0.2) is 50.0 Å². The maximum Gasteiger partial charge on any atom is 0.335 e. The molecule has 10 heteroatoms. The fourth-order valence-electron chi connectivity index (χ4n) is 1.73. The standard InChI is InChI=1S/C19H28O10/c1-5-24-13-26-9-19(10-27-14-25-6-2,11-28-17(22)15(3)7-20)12-29-18(23)16(4)8-21/h5-6,20-21H,1-4,7-14H2. The largest absolute Gasteiger partial charge is 0.476 e. The lowest BCUT2D eigenvalue weighted by Crippen LogP contribution is -2.43. The van der Waals surface area contributed by atoms with Gasteiger partial charge in [-0.2, -0.15) is 0 Å². The Morgan fingerprint density at radius 1 is 0.759 bits per heavy atom. The second-order valence-corrected chi connectivity index (χ2v) is 5.77. The Hall–Kier alpha value is -2.66. The third kappa shape index (κ3) is 11.1. The molecule has 0 rings (SSSR count). The molecule has 0 spiro atoms. The van der Waals surface area contributed by atoms with Crippen molar-refractivity contribution < 1.29 is 48.2 Å². The minimum absolute atomic E-state index is 0.118. The third-order valence-corrected chi connectivity index (χ3v) is 3.33. The van der Waals surface area contributed by atoms with E-state index in [0.717, 1.165) is 0 Å². The molecule has 29 heavy (non-hydrogen) atoms. The molecule has 164 valence electrons. The Labute approximate surface area is 169 Å². The molecule has 0 heterocycles. The molecule has 0 aromatic carbocycles. The lowest BCUT2D eigenvalue weighted by atomic mass is 9.92. The van der Waals surface area contributed by atoms with E-state index in [4.69, 9.17) is 38.6 Å². The number of hydrogen-bond donors (Lipinski definition) is 2. The van der Waals surface area contributed by atoms with Crippen molar-refractivity contribution in [3.05, 3.63) is 50.0 Å². The van der Waals surface area contributed by atoms with Crippen molar-refractivity contribution >= 4 is 11.9 Å². The van der Waals surface area contributed by atoms with Crippen LogP contribution in [0, 0.1) is 5.41 Å². The summed E-state index contributed by atoms with van der Waals surface area (Å²) in [4.78, 5) is 23.7. The first-order valence-corrected chi connectivity index (χ1v) is 8.37. The van der Waals surface area contributed by atoms with Gasteiger partial charge >= 0.3 is 11.9 Å². The highest BCUT2D eigenvalue weighted by atomic mass is 16.7. The molecule has 10 nitrogen and oxygen atoms in total. The number of aliphatic hydroxyl groups excluding tert-OH is 2. The molecule has 0 aliphatic heterocycles. The Morgan fingerprint density at radius 3 is 1.45 bits per heavy atom. The van der Waals surface area contributed by atoms with Gasteiger partial charge in [0.2, 0.25) is 0 Å². The molecule has 0 saturated carbocycles. The molecule has 0 saturated heterocycles. The van der Waals surface area contributed by atoms with Gasteiger partial charge in [-0.25, -0.2) is 9.59 Å². The Bertz CT molecular complexity index is 519. The maximum absolute atomic E-state index is 11.9. The van der Waals surface area contributed by atoms with E-state index in [1.807, 2.05) is 0 Å². The van der Waals surface area contributed by atoms with Crippen LogP contribution in [0.5, 0.6) is 0 Å². The van der Waals surface area contributed by atoms with E-state index in [1.165, 1.54) is 12.5 Å². The fraction of sp³-hybridized carbons (Fsp3) is 0.474. The van der Waals surface area contributed by atoms with Crippen LogP contribution in [0.4, 0.5) is 0 Å². The Balaban J connectivity index is 5.32. The molecule has 0 atom stereocenters. The van der Waals surface area contributed by atoms with Crippen molar-refractivity contribution in [3.63, 3.8) is 0 Å². The van der Waals surface area contributed by atoms with Crippen LogP contribution in [0.1, 0.15) is 0 Å². The quantitative estimate of drug-likeness (QED) is 0.107. The van der Waals surface area contributed by atoms with Crippen LogP contribution in [0.25, 0.3) is 0 Å². The summed E-state index contributed by atoms with van der Waals surface area (Å²) in [5.74, 6) is -1.68. The summed E-state index contributed by atoms with van der Waals surface area (Å²) < 4.78 is 30.8. The summed E-state index contributed by atoms with van der Waals surface area (Å²) >= 11 is 0. The van der Waals surface area contributed by atoms with Crippen LogP contribution in [-0.4, -0.2) is 75.4 Å². The molecule has 0 radical (unpaired) electrons. The number of rotatable bonds is 18. The summed E-state index contributed by atoms with van der Waals surface area (Å²) in [6.07, 6.45) is 2.35. The van der Waals surface area contributed by atoms with Gasteiger partial charge in [-0.1, -0.05) is 26.3 Å². The fourth-order valence-corrected chi connectivity index (χ4v) is 1.73. The van der Waals surface area contributed by atoms with Crippen molar-refractivity contribution in [2.75, 3.05) is 53.2 Å². The lowest BCUT2D eigenvalue weighted by Gasteiger charge is -2.32. The number of esters is 2. The smallest absolute Gasteiger partial charge is 0.335 e. The van der Waals surface area contributed by atoms with Crippen LogP contribution < -0.4 is 0 Å². The molecule has 0 fully saturated rings. The molecule has 2 N–H and O–H groups in total. The van der Waals surface area contributed by atoms with Crippen LogP contribution >= 0.6 is 0 Å². The first-order chi connectivity index (χ1) is 13.9. The summed E-state index contributed by atoms with van der Waals surface area (Å²) in [5, 5.41) is 18.0. The van der Waals surface area contributed by atoms with E-state index >= 15 is 0 Å². The molecule has 0 aliphatic rings. The molecule has 0 amide bonds. The van der Waals surface area contributed by atoms with Gasteiger partial charge in [-0.05, 0) is 0 Å². The van der Waals surface area contributed by atoms with Crippen LogP contribution in [0.3, 0.4) is 0 Å². The highest BCUT2D eigenvalue weighted by Gasteiger charge is 2.36. The van der Waals surface area contributed by atoms with Crippen molar-refractivity contribution in [2.24, 2.45) is 5.41 Å². The average molecular weight is 416 g/mol. The van der Waals surface area contributed by atoms with E-state index in [0.29, 0.717) is 0 Å². The van der Waals surface area contributed by atoms with E-state index in [1.54, 1.807) is 0 Å². The maximum atomic E-state index is 11.9. The van der Waals surface area contributed by atoms with Gasteiger partial charge in [0.1, 0.15) is 13.2 Å².